The molecular formula is C21H19N5O2S. The number of nitrogens with one attached hydrogen (secondary N) is 2. The van der Waals surface area contributed by atoms with Gasteiger partial charge >= 0.3 is 0 Å². The number of H-pyrrole nitrogens is 1. The Kier molecular flexibility index (Phi) is 5.44. The molecule has 0 radical (unpaired) electrons. The molecule has 0 spiro atoms. The summed E-state index contributed by atoms with van der Waals surface area (Å²) in [6.07, 6.45) is 1.50. The highest BCUT2D eigenvalue weighted by molar-refractivity contribution is 8.00. The number of hydrogen-bond donors (Lipinski definition) is 2. The lowest BCUT2D eigenvalue weighted by Gasteiger charge is -2.11. The zero-order valence-corrected chi connectivity index (χ0v) is 16.5. The van der Waals surface area contributed by atoms with Crippen molar-refractivity contribution in [3.05, 3.63) is 82.8 Å². The van der Waals surface area contributed by atoms with Crippen molar-refractivity contribution in [2.75, 3.05) is 0 Å². The fourth-order valence-electron chi connectivity index (χ4n) is 2.86. The molecule has 0 fully saturated rings. The van der Waals surface area contributed by atoms with Crippen LogP contribution in [0.1, 0.15) is 12.5 Å². The summed E-state index contributed by atoms with van der Waals surface area (Å²) >= 11 is 1.20. The quantitative estimate of drug-likeness (QED) is 0.380. The number of carbonyl (C=O) groups is 1. The lowest BCUT2D eigenvalue weighted by molar-refractivity contribution is -0.120. The van der Waals surface area contributed by atoms with E-state index in [0.29, 0.717) is 22.7 Å². The van der Waals surface area contributed by atoms with Crippen molar-refractivity contribution < 1.29 is 4.79 Å². The first-order valence-corrected chi connectivity index (χ1v) is 10.0. The lowest BCUT2D eigenvalue weighted by atomic mass is 10.2. The van der Waals surface area contributed by atoms with Crippen LogP contribution in [0.4, 0.5) is 0 Å². The van der Waals surface area contributed by atoms with Gasteiger partial charge in [-0.25, -0.2) is 9.67 Å². The lowest BCUT2D eigenvalue weighted by Crippen LogP contribution is -2.30. The fraction of sp³-hybridized carbons (Fsp3) is 0.143. The highest BCUT2D eigenvalue weighted by Crippen LogP contribution is 2.21. The Balaban J connectivity index is 1.53. The molecule has 0 aliphatic rings. The maximum atomic E-state index is 12.4. The molecule has 1 atom stereocenters. The normalized spacial score (nSPS) is 12.0. The van der Waals surface area contributed by atoms with Crippen LogP contribution < -0.4 is 10.9 Å². The molecule has 4 aromatic rings. The van der Waals surface area contributed by atoms with Crippen LogP contribution in [0.5, 0.6) is 0 Å². The maximum Gasteiger partial charge on any atom is 0.262 e. The average molecular weight is 405 g/mol. The number of nitrogens with zero attached hydrogens (tertiary/aromatic N) is 3. The van der Waals surface area contributed by atoms with Crippen LogP contribution in [0, 0.1) is 0 Å². The van der Waals surface area contributed by atoms with Crippen molar-refractivity contribution in [2.45, 2.75) is 23.9 Å². The van der Waals surface area contributed by atoms with Gasteiger partial charge in [-0.3, -0.25) is 9.59 Å². The molecule has 0 saturated carbocycles. The first kappa shape index (κ1) is 18.9. The topological polar surface area (TPSA) is 92.7 Å². The largest absolute Gasteiger partial charge is 0.351 e. The number of para-hydroxylation sites is 1. The van der Waals surface area contributed by atoms with Gasteiger partial charge in [-0.05, 0) is 24.6 Å². The van der Waals surface area contributed by atoms with E-state index in [2.05, 4.69) is 20.4 Å². The molecule has 4 rings (SSSR count). The average Bonchev–Trinajstić information content (AvgIpc) is 3.18. The molecule has 2 N–H and O–H groups in total. The van der Waals surface area contributed by atoms with Crippen molar-refractivity contribution in [1.82, 2.24) is 25.1 Å². The van der Waals surface area contributed by atoms with Crippen LogP contribution in [-0.2, 0) is 11.3 Å². The SMILES string of the molecule is C[C@@H](Sc1nc2c(cnn2-c2ccccc2)c(=O)[nH]1)C(=O)NCc1ccccc1. The molecule has 0 aliphatic heterocycles. The highest BCUT2D eigenvalue weighted by Gasteiger charge is 2.18. The van der Waals surface area contributed by atoms with Crippen LogP contribution in [0.2, 0.25) is 0 Å². The number of benzene rings is 2. The summed E-state index contributed by atoms with van der Waals surface area (Å²) < 4.78 is 1.62. The second-order valence-electron chi connectivity index (χ2n) is 6.46. The maximum absolute atomic E-state index is 12.4. The Morgan fingerprint density at radius 3 is 2.55 bits per heavy atom. The van der Waals surface area contributed by atoms with E-state index in [9.17, 15) is 9.59 Å². The molecule has 8 heteroatoms. The Morgan fingerprint density at radius 2 is 1.83 bits per heavy atom. The Morgan fingerprint density at radius 1 is 1.14 bits per heavy atom. The molecule has 0 aliphatic carbocycles. The fourth-order valence-corrected chi connectivity index (χ4v) is 3.68. The second-order valence-corrected chi connectivity index (χ2v) is 7.79. The highest BCUT2D eigenvalue weighted by atomic mass is 32.2. The summed E-state index contributed by atoms with van der Waals surface area (Å²) in [5, 5.41) is 7.55. The number of fused-ring (bicyclic) bond motifs is 1. The van der Waals surface area contributed by atoms with Crippen LogP contribution in [0.15, 0.2) is 76.8 Å². The van der Waals surface area contributed by atoms with Crippen molar-refractivity contribution in [3.63, 3.8) is 0 Å². The van der Waals surface area contributed by atoms with Crippen LogP contribution in [-0.4, -0.2) is 30.9 Å². The minimum Gasteiger partial charge on any atom is -0.351 e. The van der Waals surface area contributed by atoms with Crippen molar-refractivity contribution >= 4 is 28.7 Å². The van der Waals surface area contributed by atoms with Gasteiger partial charge in [-0.1, -0.05) is 60.3 Å². The minimum absolute atomic E-state index is 0.127. The predicted molar refractivity (Wildman–Crippen MR) is 113 cm³/mol. The first-order valence-electron chi connectivity index (χ1n) is 9.13. The second kappa shape index (κ2) is 8.32. The van der Waals surface area contributed by atoms with Gasteiger partial charge in [0.15, 0.2) is 10.8 Å². The Labute approximate surface area is 171 Å². The van der Waals surface area contributed by atoms with E-state index < -0.39 is 5.25 Å². The summed E-state index contributed by atoms with van der Waals surface area (Å²) in [6, 6.07) is 19.2. The molecule has 29 heavy (non-hydrogen) atoms. The number of amides is 1. The zero-order valence-electron chi connectivity index (χ0n) is 15.7. The summed E-state index contributed by atoms with van der Waals surface area (Å²) in [5.41, 5.74) is 2.01. The standard InChI is InChI=1S/C21H19N5O2S/c1-14(19(27)22-12-15-8-4-2-5-9-15)29-21-24-18-17(20(28)25-21)13-23-26(18)16-10-6-3-7-11-16/h2-11,13-14H,12H2,1H3,(H,22,27)(H,24,25,28)/t14-/m1/s1. The molecule has 2 heterocycles. The third-order valence-corrected chi connectivity index (χ3v) is 5.37. The molecule has 2 aromatic heterocycles. The Bertz CT molecular complexity index is 1190. The third-order valence-electron chi connectivity index (χ3n) is 4.38. The third kappa shape index (κ3) is 4.22. The first-order chi connectivity index (χ1) is 14.1. The van der Waals surface area contributed by atoms with Gasteiger partial charge < -0.3 is 10.3 Å². The zero-order chi connectivity index (χ0) is 20.2. The Hall–Kier alpha value is -3.39. The van der Waals surface area contributed by atoms with E-state index in [1.165, 1.54) is 18.0 Å². The van der Waals surface area contributed by atoms with E-state index in [-0.39, 0.29) is 11.5 Å². The van der Waals surface area contributed by atoms with E-state index >= 15 is 0 Å². The van der Waals surface area contributed by atoms with Gasteiger partial charge in [0.1, 0.15) is 5.39 Å². The summed E-state index contributed by atoms with van der Waals surface area (Å²) in [4.78, 5) is 32.2. The number of thioether (sulfide) groups is 1. The number of rotatable bonds is 6. The van der Waals surface area contributed by atoms with Crippen molar-refractivity contribution in [1.29, 1.82) is 0 Å². The van der Waals surface area contributed by atoms with Crippen molar-refractivity contribution in [3.8, 4) is 5.69 Å². The van der Waals surface area contributed by atoms with Crippen LogP contribution in [0.25, 0.3) is 16.7 Å². The minimum atomic E-state index is -0.424. The number of carbonyl (C=O) groups excluding carboxylic acids is 1. The predicted octanol–water partition coefficient (Wildman–Crippen LogP) is 2.91. The molecule has 2 aromatic carbocycles. The van der Waals surface area contributed by atoms with Gasteiger partial charge in [0.25, 0.3) is 5.56 Å². The van der Waals surface area contributed by atoms with E-state index in [0.717, 1.165) is 11.3 Å². The molecule has 0 unspecified atom stereocenters. The van der Waals surface area contributed by atoms with E-state index in [4.69, 9.17) is 0 Å². The van der Waals surface area contributed by atoms with Gasteiger partial charge in [-0.15, -0.1) is 0 Å². The van der Waals surface area contributed by atoms with Crippen LogP contribution in [0.3, 0.4) is 0 Å². The van der Waals surface area contributed by atoms with Gasteiger partial charge in [0.05, 0.1) is 17.1 Å². The molecule has 1 amide bonds. The van der Waals surface area contributed by atoms with Crippen LogP contribution >= 0.6 is 11.8 Å². The molecule has 146 valence electrons. The summed E-state index contributed by atoms with van der Waals surface area (Å²) in [5.74, 6) is -0.127. The van der Waals surface area contributed by atoms with Gasteiger partial charge in [0, 0.05) is 6.54 Å². The molecule has 0 saturated heterocycles. The van der Waals surface area contributed by atoms with Gasteiger partial charge in [0.2, 0.25) is 5.91 Å². The number of aromatic nitrogens is 4. The summed E-state index contributed by atoms with van der Waals surface area (Å²) in [6.45, 7) is 2.23. The van der Waals surface area contributed by atoms with E-state index in [1.807, 2.05) is 60.7 Å². The summed E-state index contributed by atoms with van der Waals surface area (Å²) in [7, 11) is 0. The number of aromatic amines is 1. The molecule has 0 bridgehead atoms. The van der Waals surface area contributed by atoms with E-state index in [1.54, 1.807) is 11.6 Å². The smallest absolute Gasteiger partial charge is 0.262 e. The molecular weight excluding hydrogens is 386 g/mol. The molecule has 7 nitrogen and oxygen atoms in total. The van der Waals surface area contributed by atoms with Crippen molar-refractivity contribution in [2.24, 2.45) is 0 Å². The monoisotopic (exact) mass is 405 g/mol. The van der Waals surface area contributed by atoms with Gasteiger partial charge in [-0.2, -0.15) is 5.10 Å². The number of hydrogen-bond acceptors (Lipinski definition) is 5.